The number of ether oxygens (including phenoxy) is 1. The van der Waals surface area contributed by atoms with Crippen LogP contribution in [0, 0.1) is 0 Å². The summed E-state index contributed by atoms with van der Waals surface area (Å²) in [5, 5.41) is 11.8. The predicted octanol–water partition coefficient (Wildman–Crippen LogP) is 0.661. The van der Waals surface area contributed by atoms with Gasteiger partial charge in [-0.15, -0.1) is 0 Å². The number of aliphatic hydroxyl groups excluding tert-OH is 1. The smallest absolute Gasteiger partial charge is 0.119 e. The van der Waals surface area contributed by atoms with Crippen LogP contribution in [0.15, 0.2) is 18.2 Å². The molecule has 1 aliphatic rings. The molecule has 0 saturated carbocycles. The van der Waals surface area contributed by atoms with E-state index in [2.05, 4.69) is 11.4 Å². The highest BCUT2D eigenvalue weighted by Gasteiger charge is 2.09. The first-order valence-electron chi connectivity index (χ1n) is 4.46. The van der Waals surface area contributed by atoms with Gasteiger partial charge in [0.15, 0.2) is 0 Å². The van der Waals surface area contributed by atoms with Crippen molar-refractivity contribution in [3.8, 4) is 5.75 Å². The van der Waals surface area contributed by atoms with Crippen LogP contribution in [0.5, 0.6) is 5.75 Å². The summed E-state index contributed by atoms with van der Waals surface area (Å²) in [6, 6.07) is 6.05. The Morgan fingerprint density at radius 2 is 2.15 bits per heavy atom. The molecule has 0 spiro atoms. The molecule has 3 nitrogen and oxygen atoms in total. The van der Waals surface area contributed by atoms with Gasteiger partial charge in [0, 0.05) is 13.1 Å². The normalized spacial score (nSPS) is 14.2. The molecule has 1 aromatic carbocycles. The summed E-state index contributed by atoms with van der Waals surface area (Å²) in [6.45, 7) is 2.31. The summed E-state index contributed by atoms with van der Waals surface area (Å²) in [6.07, 6.45) is 0. The van der Waals surface area contributed by atoms with Crippen LogP contribution in [0.1, 0.15) is 11.1 Å². The lowest BCUT2D eigenvalue weighted by molar-refractivity contribution is 0.201. The topological polar surface area (TPSA) is 41.5 Å². The molecule has 1 aromatic rings. The van der Waals surface area contributed by atoms with Crippen molar-refractivity contribution in [3.05, 3.63) is 29.3 Å². The van der Waals surface area contributed by atoms with E-state index in [1.807, 2.05) is 12.1 Å². The first-order chi connectivity index (χ1) is 6.40. The van der Waals surface area contributed by atoms with Gasteiger partial charge < -0.3 is 15.2 Å². The Hall–Kier alpha value is -1.06. The summed E-state index contributed by atoms with van der Waals surface area (Å²) in [7, 11) is 0. The number of hydrogen-bond acceptors (Lipinski definition) is 3. The van der Waals surface area contributed by atoms with E-state index in [1.54, 1.807) is 0 Å². The van der Waals surface area contributed by atoms with Crippen molar-refractivity contribution >= 4 is 0 Å². The summed E-state index contributed by atoms with van der Waals surface area (Å²) in [5.41, 5.74) is 2.65. The Morgan fingerprint density at radius 1 is 1.31 bits per heavy atom. The zero-order valence-electron chi connectivity index (χ0n) is 7.42. The third kappa shape index (κ3) is 1.82. The molecule has 0 bridgehead atoms. The molecule has 0 saturated heterocycles. The second kappa shape index (κ2) is 3.77. The van der Waals surface area contributed by atoms with Crippen molar-refractivity contribution in [1.29, 1.82) is 0 Å². The van der Waals surface area contributed by atoms with E-state index < -0.39 is 0 Å². The summed E-state index contributed by atoms with van der Waals surface area (Å²) < 4.78 is 5.30. The molecule has 0 aliphatic carbocycles. The molecule has 0 unspecified atom stereocenters. The summed E-state index contributed by atoms with van der Waals surface area (Å²) in [5.74, 6) is 0.844. The molecule has 2 rings (SSSR count). The van der Waals surface area contributed by atoms with Gasteiger partial charge in [-0.05, 0) is 23.3 Å². The van der Waals surface area contributed by atoms with Crippen molar-refractivity contribution in [3.63, 3.8) is 0 Å². The van der Waals surface area contributed by atoms with Crippen LogP contribution in [0.25, 0.3) is 0 Å². The van der Waals surface area contributed by atoms with Crippen molar-refractivity contribution < 1.29 is 9.84 Å². The quantitative estimate of drug-likeness (QED) is 0.716. The van der Waals surface area contributed by atoms with Gasteiger partial charge >= 0.3 is 0 Å². The van der Waals surface area contributed by atoms with Crippen LogP contribution in [0.2, 0.25) is 0 Å². The fourth-order valence-electron chi connectivity index (χ4n) is 1.52. The molecule has 0 atom stereocenters. The van der Waals surface area contributed by atoms with Gasteiger partial charge in [-0.3, -0.25) is 0 Å². The van der Waals surface area contributed by atoms with Gasteiger partial charge in [0.1, 0.15) is 12.4 Å². The minimum atomic E-state index is 0.0648. The first-order valence-corrected chi connectivity index (χ1v) is 4.46. The maximum Gasteiger partial charge on any atom is 0.119 e. The second-order valence-corrected chi connectivity index (χ2v) is 3.11. The Kier molecular flexibility index (Phi) is 2.47. The van der Waals surface area contributed by atoms with Gasteiger partial charge in [0.25, 0.3) is 0 Å². The molecule has 0 fully saturated rings. The lowest BCUT2D eigenvalue weighted by Crippen LogP contribution is -2.02. The third-order valence-electron chi connectivity index (χ3n) is 2.17. The molecule has 1 heterocycles. The first kappa shape index (κ1) is 8.53. The van der Waals surface area contributed by atoms with Crippen LogP contribution in [0.4, 0.5) is 0 Å². The predicted molar refractivity (Wildman–Crippen MR) is 49.6 cm³/mol. The second-order valence-electron chi connectivity index (χ2n) is 3.11. The molecule has 1 aliphatic heterocycles. The number of fused-ring (bicyclic) bond motifs is 1. The monoisotopic (exact) mass is 179 g/mol. The molecule has 3 heteroatoms. The molecule has 70 valence electrons. The molecular formula is C10H13NO2. The van der Waals surface area contributed by atoms with Crippen molar-refractivity contribution in [2.75, 3.05) is 13.2 Å². The number of rotatable bonds is 3. The zero-order valence-corrected chi connectivity index (χ0v) is 7.42. The lowest BCUT2D eigenvalue weighted by atomic mass is 10.1. The lowest BCUT2D eigenvalue weighted by Gasteiger charge is -2.05. The minimum Gasteiger partial charge on any atom is -0.491 e. The SMILES string of the molecule is OCCOc1ccc2c(c1)CNC2. The van der Waals surface area contributed by atoms with E-state index in [0.717, 1.165) is 18.8 Å². The van der Waals surface area contributed by atoms with Gasteiger partial charge in [-0.25, -0.2) is 0 Å². The third-order valence-corrected chi connectivity index (χ3v) is 2.17. The van der Waals surface area contributed by atoms with E-state index in [4.69, 9.17) is 9.84 Å². The van der Waals surface area contributed by atoms with Gasteiger partial charge in [0.2, 0.25) is 0 Å². The van der Waals surface area contributed by atoms with Gasteiger partial charge in [-0.1, -0.05) is 6.07 Å². The number of benzene rings is 1. The maximum atomic E-state index is 8.58. The van der Waals surface area contributed by atoms with E-state index in [1.165, 1.54) is 11.1 Å². The van der Waals surface area contributed by atoms with E-state index in [0.29, 0.717) is 6.61 Å². The standard InChI is InChI=1S/C10H13NO2/c12-3-4-13-10-2-1-8-6-11-7-9(8)5-10/h1-2,5,11-12H,3-4,6-7H2. The Balaban J connectivity index is 2.12. The van der Waals surface area contributed by atoms with Crippen molar-refractivity contribution in [1.82, 2.24) is 5.32 Å². The molecule has 0 amide bonds. The Morgan fingerprint density at radius 3 is 3.00 bits per heavy atom. The van der Waals surface area contributed by atoms with Gasteiger partial charge in [0.05, 0.1) is 6.61 Å². The Labute approximate surface area is 77.3 Å². The van der Waals surface area contributed by atoms with Crippen LogP contribution in [0.3, 0.4) is 0 Å². The van der Waals surface area contributed by atoms with Crippen LogP contribution >= 0.6 is 0 Å². The maximum absolute atomic E-state index is 8.58. The highest BCUT2D eigenvalue weighted by molar-refractivity contribution is 5.37. The Bertz CT molecular complexity index is 299. The molecule has 0 aromatic heterocycles. The van der Waals surface area contributed by atoms with Crippen molar-refractivity contribution in [2.45, 2.75) is 13.1 Å². The number of aliphatic hydroxyl groups is 1. The van der Waals surface area contributed by atoms with Gasteiger partial charge in [-0.2, -0.15) is 0 Å². The fourth-order valence-corrected chi connectivity index (χ4v) is 1.52. The average molecular weight is 179 g/mol. The summed E-state index contributed by atoms with van der Waals surface area (Å²) >= 11 is 0. The molecule has 13 heavy (non-hydrogen) atoms. The highest BCUT2D eigenvalue weighted by atomic mass is 16.5. The van der Waals surface area contributed by atoms with Crippen LogP contribution in [-0.2, 0) is 13.1 Å². The average Bonchev–Trinajstić information content (AvgIpc) is 2.61. The minimum absolute atomic E-state index is 0.0648. The van der Waals surface area contributed by atoms with E-state index >= 15 is 0 Å². The largest absolute Gasteiger partial charge is 0.491 e. The van der Waals surface area contributed by atoms with E-state index in [9.17, 15) is 0 Å². The van der Waals surface area contributed by atoms with E-state index in [-0.39, 0.29) is 6.61 Å². The number of hydrogen-bond donors (Lipinski definition) is 2. The van der Waals surface area contributed by atoms with Crippen LogP contribution < -0.4 is 10.1 Å². The molecular weight excluding hydrogens is 166 g/mol. The molecule has 2 N–H and O–H groups in total. The number of nitrogens with one attached hydrogen (secondary N) is 1. The van der Waals surface area contributed by atoms with Crippen LogP contribution in [-0.4, -0.2) is 18.3 Å². The summed E-state index contributed by atoms with van der Waals surface area (Å²) in [4.78, 5) is 0. The highest BCUT2D eigenvalue weighted by Crippen LogP contribution is 2.21. The zero-order chi connectivity index (χ0) is 9.10. The fraction of sp³-hybridized carbons (Fsp3) is 0.400. The van der Waals surface area contributed by atoms with Crippen molar-refractivity contribution in [2.24, 2.45) is 0 Å². The molecule has 0 radical (unpaired) electrons.